The second-order valence-electron chi connectivity index (χ2n) is 6.10. The summed E-state index contributed by atoms with van der Waals surface area (Å²) in [7, 11) is -2.03. The number of nitrogens with zero attached hydrogens (tertiary/aromatic N) is 2. The molecule has 0 spiro atoms. The van der Waals surface area contributed by atoms with Crippen LogP contribution in [0.5, 0.6) is 0 Å². The van der Waals surface area contributed by atoms with Crippen molar-refractivity contribution in [3.63, 3.8) is 0 Å². The summed E-state index contributed by atoms with van der Waals surface area (Å²) in [5.41, 5.74) is 2.39. The summed E-state index contributed by atoms with van der Waals surface area (Å²) in [6, 6.07) is 12.2. The molecule has 0 saturated heterocycles. The second-order valence-corrected chi connectivity index (χ2v) is 8.82. The summed E-state index contributed by atoms with van der Waals surface area (Å²) in [6.07, 6.45) is 1.04. The number of carbonyl (C=O) groups is 1. The summed E-state index contributed by atoms with van der Waals surface area (Å²) in [5, 5.41) is 0.532. The Bertz CT molecular complexity index is 899. The summed E-state index contributed by atoms with van der Waals surface area (Å²) >= 11 is 11.9. The van der Waals surface area contributed by atoms with Crippen LogP contribution in [-0.2, 0) is 21.4 Å². The van der Waals surface area contributed by atoms with Gasteiger partial charge >= 0.3 is 0 Å². The van der Waals surface area contributed by atoms with Crippen molar-refractivity contribution in [2.75, 3.05) is 24.2 Å². The molecule has 0 aliphatic carbocycles. The van der Waals surface area contributed by atoms with Gasteiger partial charge < -0.3 is 4.90 Å². The monoisotopic (exact) mass is 414 g/mol. The average Bonchev–Trinajstić information content (AvgIpc) is 2.56. The van der Waals surface area contributed by atoms with E-state index in [2.05, 4.69) is 0 Å². The van der Waals surface area contributed by atoms with E-state index in [1.807, 2.05) is 31.2 Å². The van der Waals surface area contributed by atoms with Gasteiger partial charge in [-0.25, -0.2) is 8.42 Å². The molecule has 8 heteroatoms. The van der Waals surface area contributed by atoms with E-state index in [9.17, 15) is 13.2 Å². The highest BCUT2D eigenvalue weighted by Crippen LogP contribution is 2.28. The van der Waals surface area contributed by atoms with E-state index < -0.39 is 10.0 Å². The molecule has 0 bridgehead atoms. The highest BCUT2D eigenvalue weighted by atomic mass is 35.5. The van der Waals surface area contributed by atoms with Gasteiger partial charge in [0.15, 0.2) is 0 Å². The van der Waals surface area contributed by atoms with Gasteiger partial charge in [-0.3, -0.25) is 9.10 Å². The Morgan fingerprint density at radius 2 is 1.65 bits per heavy atom. The van der Waals surface area contributed by atoms with Gasteiger partial charge in [0.05, 0.1) is 22.0 Å². The number of anilines is 1. The van der Waals surface area contributed by atoms with Crippen molar-refractivity contribution in [2.24, 2.45) is 0 Å². The number of aryl methyl sites for hydroxylation is 1. The van der Waals surface area contributed by atoms with Crippen LogP contribution in [0, 0.1) is 6.92 Å². The fourth-order valence-electron chi connectivity index (χ4n) is 2.34. The van der Waals surface area contributed by atoms with Crippen molar-refractivity contribution in [3.05, 3.63) is 63.6 Å². The Kier molecular flexibility index (Phi) is 6.55. The fourth-order valence-corrected chi connectivity index (χ4v) is 3.47. The van der Waals surface area contributed by atoms with Crippen molar-refractivity contribution in [2.45, 2.75) is 13.5 Å². The van der Waals surface area contributed by atoms with Crippen molar-refractivity contribution >= 4 is 44.8 Å². The molecule has 0 aliphatic rings. The molecule has 0 heterocycles. The van der Waals surface area contributed by atoms with Crippen LogP contribution < -0.4 is 4.31 Å². The van der Waals surface area contributed by atoms with Crippen molar-refractivity contribution in [1.29, 1.82) is 0 Å². The number of hydrogen-bond donors (Lipinski definition) is 0. The quantitative estimate of drug-likeness (QED) is 0.723. The number of amides is 1. The van der Waals surface area contributed by atoms with Crippen molar-refractivity contribution in [3.8, 4) is 0 Å². The first-order valence-corrected chi connectivity index (χ1v) is 10.4. The van der Waals surface area contributed by atoms with Crippen LogP contribution in [0.15, 0.2) is 42.5 Å². The minimum absolute atomic E-state index is 0.221. The van der Waals surface area contributed by atoms with Gasteiger partial charge in [0.25, 0.3) is 0 Å². The fraction of sp³-hybridized carbons (Fsp3) is 0.278. The van der Waals surface area contributed by atoms with E-state index in [-0.39, 0.29) is 17.5 Å². The number of hydrogen-bond acceptors (Lipinski definition) is 3. The number of likely N-dealkylation sites (N-methyl/N-ethyl adjacent to an activating group) is 1. The SMILES string of the molecule is Cc1ccc(CN(C)C(=O)CN(c2ccc(Cl)c(Cl)c2)S(C)(=O)=O)cc1. The third-order valence-corrected chi connectivity index (χ3v) is 5.72. The minimum atomic E-state index is -3.67. The van der Waals surface area contributed by atoms with Crippen molar-refractivity contribution < 1.29 is 13.2 Å². The maximum Gasteiger partial charge on any atom is 0.243 e. The van der Waals surface area contributed by atoms with E-state index in [0.717, 1.165) is 21.7 Å². The maximum atomic E-state index is 12.6. The molecule has 2 rings (SSSR count). The lowest BCUT2D eigenvalue weighted by molar-refractivity contribution is -0.128. The van der Waals surface area contributed by atoms with E-state index in [1.54, 1.807) is 7.05 Å². The number of rotatable bonds is 6. The van der Waals surface area contributed by atoms with E-state index in [0.29, 0.717) is 17.3 Å². The molecular formula is C18H20Cl2N2O3S. The normalized spacial score (nSPS) is 11.3. The second kappa shape index (κ2) is 8.29. The molecule has 0 saturated carbocycles. The van der Waals surface area contributed by atoms with Crippen LogP contribution in [0.1, 0.15) is 11.1 Å². The topological polar surface area (TPSA) is 57.7 Å². The lowest BCUT2D eigenvalue weighted by Crippen LogP contribution is -2.41. The van der Waals surface area contributed by atoms with Crippen LogP contribution in [0.4, 0.5) is 5.69 Å². The summed E-state index contributed by atoms with van der Waals surface area (Å²) in [4.78, 5) is 14.0. The molecule has 0 radical (unpaired) electrons. The van der Waals surface area contributed by atoms with Crippen LogP contribution in [0.3, 0.4) is 0 Å². The van der Waals surface area contributed by atoms with Crippen molar-refractivity contribution in [1.82, 2.24) is 4.90 Å². The molecule has 1 amide bonds. The standard InChI is InChI=1S/C18H20Cl2N2O3S/c1-13-4-6-14(7-5-13)11-21(2)18(23)12-22(26(3,24)25)15-8-9-16(19)17(20)10-15/h4-10H,11-12H2,1-3H3. The first kappa shape index (κ1) is 20.6. The predicted octanol–water partition coefficient (Wildman–Crippen LogP) is 3.73. The van der Waals surface area contributed by atoms with E-state index in [4.69, 9.17) is 23.2 Å². The number of sulfonamides is 1. The molecule has 0 atom stereocenters. The summed E-state index contributed by atoms with van der Waals surface area (Å²) in [5.74, 6) is -0.331. The van der Waals surface area contributed by atoms with Crippen LogP contribution in [0.2, 0.25) is 10.0 Å². The maximum absolute atomic E-state index is 12.6. The smallest absolute Gasteiger partial charge is 0.243 e. The van der Waals surface area contributed by atoms with E-state index >= 15 is 0 Å². The molecule has 0 N–H and O–H groups in total. The highest BCUT2D eigenvalue weighted by molar-refractivity contribution is 7.92. The van der Waals surface area contributed by atoms with Crippen LogP contribution in [0.25, 0.3) is 0 Å². The zero-order valence-corrected chi connectivity index (χ0v) is 17.1. The number of benzene rings is 2. The first-order valence-electron chi connectivity index (χ1n) is 7.80. The third-order valence-electron chi connectivity index (χ3n) is 3.84. The Labute approximate surface area is 164 Å². The van der Waals surface area contributed by atoms with Gasteiger partial charge in [-0.15, -0.1) is 0 Å². The summed E-state index contributed by atoms with van der Waals surface area (Å²) < 4.78 is 25.3. The number of carbonyl (C=O) groups excluding carboxylic acids is 1. The van der Waals surface area contributed by atoms with Crippen LogP contribution in [-0.4, -0.2) is 39.1 Å². The van der Waals surface area contributed by atoms with E-state index in [1.165, 1.54) is 23.1 Å². The number of halogens is 2. The Hall–Kier alpha value is -1.76. The molecule has 0 aliphatic heterocycles. The molecule has 0 aromatic heterocycles. The molecule has 5 nitrogen and oxygen atoms in total. The highest BCUT2D eigenvalue weighted by Gasteiger charge is 2.23. The molecule has 2 aromatic carbocycles. The van der Waals surface area contributed by atoms with Gasteiger partial charge in [0.2, 0.25) is 15.9 Å². The Morgan fingerprint density at radius 3 is 2.19 bits per heavy atom. The Balaban J connectivity index is 2.18. The predicted molar refractivity (Wildman–Crippen MR) is 106 cm³/mol. The first-order chi connectivity index (χ1) is 12.1. The largest absolute Gasteiger partial charge is 0.340 e. The van der Waals surface area contributed by atoms with Gasteiger partial charge in [0.1, 0.15) is 6.54 Å². The lowest BCUT2D eigenvalue weighted by Gasteiger charge is -2.25. The van der Waals surface area contributed by atoms with Gasteiger partial charge in [-0.1, -0.05) is 53.0 Å². The van der Waals surface area contributed by atoms with Crippen LogP contribution >= 0.6 is 23.2 Å². The molecular weight excluding hydrogens is 395 g/mol. The van der Waals surface area contributed by atoms with Gasteiger partial charge in [0, 0.05) is 13.6 Å². The third kappa shape index (κ3) is 5.37. The van der Waals surface area contributed by atoms with Gasteiger partial charge in [-0.2, -0.15) is 0 Å². The zero-order chi connectivity index (χ0) is 19.5. The summed E-state index contributed by atoms with van der Waals surface area (Å²) in [6.45, 7) is 2.05. The average molecular weight is 415 g/mol. The van der Waals surface area contributed by atoms with Gasteiger partial charge in [-0.05, 0) is 30.7 Å². The lowest BCUT2D eigenvalue weighted by atomic mass is 10.1. The Morgan fingerprint density at radius 1 is 1.04 bits per heavy atom. The molecule has 0 unspecified atom stereocenters. The molecule has 140 valence electrons. The molecule has 2 aromatic rings. The molecule has 26 heavy (non-hydrogen) atoms. The molecule has 0 fully saturated rings. The minimum Gasteiger partial charge on any atom is -0.340 e. The zero-order valence-electron chi connectivity index (χ0n) is 14.7.